The summed E-state index contributed by atoms with van der Waals surface area (Å²) in [5.41, 5.74) is 1.15. The third kappa shape index (κ3) is 2.38. The number of rotatable bonds is 3. The van der Waals surface area contributed by atoms with Crippen molar-refractivity contribution in [1.29, 1.82) is 0 Å². The third-order valence-corrected chi connectivity index (χ3v) is 2.38. The third-order valence-electron chi connectivity index (χ3n) is 1.12. The zero-order valence-corrected chi connectivity index (χ0v) is 7.56. The van der Waals surface area contributed by atoms with E-state index in [0.29, 0.717) is 0 Å². The highest BCUT2D eigenvalue weighted by atomic mass is 32.2. The van der Waals surface area contributed by atoms with Gasteiger partial charge in [-0.3, -0.25) is 0 Å². The Morgan fingerprint density at radius 2 is 2.55 bits per heavy atom. The van der Waals surface area contributed by atoms with E-state index in [1.165, 1.54) is 0 Å². The molecule has 0 aliphatic carbocycles. The van der Waals surface area contributed by atoms with E-state index in [-0.39, 0.29) is 0 Å². The highest BCUT2D eigenvalue weighted by Gasteiger charge is 1.99. The van der Waals surface area contributed by atoms with Crippen molar-refractivity contribution >= 4 is 11.8 Å². The molecule has 0 spiro atoms. The van der Waals surface area contributed by atoms with E-state index in [2.05, 4.69) is 16.8 Å². The Balaban J connectivity index is 2.51. The molecule has 0 saturated carbocycles. The van der Waals surface area contributed by atoms with Gasteiger partial charge in [0, 0.05) is 12.8 Å². The Morgan fingerprint density at radius 3 is 3.00 bits per heavy atom. The number of thioether (sulfide) groups is 1. The molecule has 0 amide bonds. The fraction of sp³-hybridized carbons (Fsp3) is 0.429. The number of hydrogen-bond acceptors (Lipinski definition) is 3. The van der Waals surface area contributed by atoms with Gasteiger partial charge in [0.25, 0.3) is 0 Å². The van der Waals surface area contributed by atoms with Crippen LogP contribution in [0.5, 0.6) is 0 Å². The van der Waals surface area contributed by atoms with Crippen LogP contribution in [0.15, 0.2) is 23.6 Å². The van der Waals surface area contributed by atoms with Crippen LogP contribution in [-0.4, -0.2) is 20.5 Å². The Morgan fingerprint density at radius 1 is 1.82 bits per heavy atom. The first-order valence-electron chi connectivity index (χ1n) is 3.31. The van der Waals surface area contributed by atoms with Crippen molar-refractivity contribution in [1.82, 2.24) is 14.8 Å². The van der Waals surface area contributed by atoms with Gasteiger partial charge >= 0.3 is 0 Å². The lowest BCUT2D eigenvalue weighted by atomic mass is 10.4. The standard InChI is InChI=1S/C7H11N3S/c1-6(2)4-11-7-9-8-5-10(7)3/h5H,1,4H2,2-3H3. The summed E-state index contributed by atoms with van der Waals surface area (Å²) < 4.78 is 1.90. The molecule has 1 heterocycles. The van der Waals surface area contributed by atoms with Crippen molar-refractivity contribution in [3.8, 4) is 0 Å². The van der Waals surface area contributed by atoms with Crippen molar-refractivity contribution in [3.63, 3.8) is 0 Å². The van der Waals surface area contributed by atoms with Crippen LogP contribution < -0.4 is 0 Å². The summed E-state index contributed by atoms with van der Waals surface area (Å²) in [6.45, 7) is 5.81. The van der Waals surface area contributed by atoms with E-state index >= 15 is 0 Å². The molecule has 0 unspecified atom stereocenters. The van der Waals surface area contributed by atoms with Crippen LogP contribution >= 0.6 is 11.8 Å². The van der Waals surface area contributed by atoms with Crippen molar-refractivity contribution in [3.05, 3.63) is 18.5 Å². The van der Waals surface area contributed by atoms with Crippen molar-refractivity contribution < 1.29 is 0 Å². The smallest absolute Gasteiger partial charge is 0.191 e. The largest absolute Gasteiger partial charge is 0.312 e. The van der Waals surface area contributed by atoms with Gasteiger partial charge in [-0.15, -0.1) is 10.2 Å². The Hall–Kier alpha value is -0.770. The highest BCUT2D eigenvalue weighted by Crippen LogP contribution is 2.15. The average molecular weight is 169 g/mol. The van der Waals surface area contributed by atoms with Gasteiger partial charge in [0.05, 0.1) is 0 Å². The first-order valence-corrected chi connectivity index (χ1v) is 4.30. The second-order valence-corrected chi connectivity index (χ2v) is 3.41. The molecule has 0 aliphatic rings. The van der Waals surface area contributed by atoms with Crippen LogP contribution in [0.3, 0.4) is 0 Å². The molecule has 0 N–H and O–H groups in total. The lowest BCUT2D eigenvalue weighted by Gasteiger charge is -1.97. The molecule has 0 saturated heterocycles. The van der Waals surface area contributed by atoms with Crippen LogP contribution in [0, 0.1) is 0 Å². The second-order valence-electron chi connectivity index (χ2n) is 2.47. The molecule has 0 aliphatic heterocycles. The van der Waals surface area contributed by atoms with Gasteiger partial charge in [0.2, 0.25) is 0 Å². The molecule has 1 aromatic heterocycles. The molecule has 0 bridgehead atoms. The van der Waals surface area contributed by atoms with Gasteiger partial charge in [-0.1, -0.05) is 23.9 Å². The van der Waals surface area contributed by atoms with Crippen molar-refractivity contribution in [2.75, 3.05) is 5.75 Å². The molecule has 0 atom stereocenters. The van der Waals surface area contributed by atoms with Gasteiger partial charge in [-0.05, 0) is 6.92 Å². The fourth-order valence-electron chi connectivity index (χ4n) is 0.591. The highest BCUT2D eigenvalue weighted by molar-refractivity contribution is 7.99. The maximum atomic E-state index is 3.92. The molecular weight excluding hydrogens is 158 g/mol. The minimum absolute atomic E-state index is 0.909. The Labute approximate surface area is 70.5 Å². The summed E-state index contributed by atoms with van der Waals surface area (Å²) in [5.74, 6) is 0.909. The molecule has 3 nitrogen and oxygen atoms in total. The van der Waals surface area contributed by atoms with Crippen LogP contribution in [0.25, 0.3) is 0 Å². The monoisotopic (exact) mass is 169 g/mol. The minimum atomic E-state index is 0.909. The summed E-state index contributed by atoms with van der Waals surface area (Å²) >= 11 is 1.65. The van der Waals surface area contributed by atoms with Crippen LogP contribution in [-0.2, 0) is 7.05 Å². The lowest BCUT2D eigenvalue weighted by molar-refractivity contribution is 0.789. The molecular formula is C7H11N3S. The first kappa shape index (κ1) is 8.33. The first-order chi connectivity index (χ1) is 5.20. The molecule has 0 radical (unpaired) electrons. The lowest BCUT2D eigenvalue weighted by Crippen LogP contribution is -1.90. The summed E-state index contributed by atoms with van der Waals surface area (Å²) in [6.07, 6.45) is 1.70. The van der Waals surface area contributed by atoms with Crippen LogP contribution in [0.2, 0.25) is 0 Å². The van der Waals surface area contributed by atoms with E-state index in [9.17, 15) is 0 Å². The Kier molecular flexibility index (Phi) is 2.70. The molecule has 1 aromatic rings. The zero-order valence-electron chi connectivity index (χ0n) is 6.74. The van der Waals surface area contributed by atoms with Crippen LogP contribution in [0.1, 0.15) is 6.92 Å². The average Bonchev–Trinajstić information content (AvgIpc) is 2.31. The molecule has 11 heavy (non-hydrogen) atoms. The predicted octanol–water partition coefficient (Wildman–Crippen LogP) is 1.48. The second kappa shape index (κ2) is 3.57. The summed E-state index contributed by atoms with van der Waals surface area (Å²) in [5, 5.41) is 8.62. The topological polar surface area (TPSA) is 30.7 Å². The van der Waals surface area contributed by atoms with Gasteiger partial charge in [-0.25, -0.2) is 0 Å². The molecule has 0 fully saturated rings. The quantitative estimate of drug-likeness (QED) is 0.507. The predicted molar refractivity (Wildman–Crippen MR) is 46.5 cm³/mol. The zero-order chi connectivity index (χ0) is 8.27. The molecule has 0 aromatic carbocycles. The van der Waals surface area contributed by atoms with E-state index in [0.717, 1.165) is 16.5 Å². The summed E-state index contributed by atoms with van der Waals surface area (Å²) in [7, 11) is 1.93. The van der Waals surface area contributed by atoms with Gasteiger partial charge in [-0.2, -0.15) is 0 Å². The maximum Gasteiger partial charge on any atom is 0.191 e. The van der Waals surface area contributed by atoms with Gasteiger partial charge in [0.15, 0.2) is 5.16 Å². The number of aryl methyl sites for hydroxylation is 1. The minimum Gasteiger partial charge on any atom is -0.312 e. The normalized spacial score (nSPS) is 10.0. The van der Waals surface area contributed by atoms with E-state index in [1.54, 1.807) is 18.1 Å². The van der Waals surface area contributed by atoms with Gasteiger partial charge in [0.1, 0.15) is 6.33 Å². The van der Waals surface area contributed by atoms with Crippen molar-refractivity contribution in [2.45, 2.75) is 12.1 Å². The van der Waals surface area contributed by atoms with E-state index < -0.39 is 0 Å². The number of nitrogens with zero attached hydrogens (tertiary/aromatic N) is 3. The molecule has 1 rings (SSSR count). The summed E-state index contributed by atoms with van der Waals surface area (Å²) in [4.78, 5) is 0. The maximum absolute atomic E-state index is 3.92. The number of aromatic nitrogens is 3. The fourth-order valence-corrected chi connectivity index (χ4v) is 1.32. The van der Waals surface area contributed by atoms with E-state index in [1.807, 2.05) is 18.5 Å². The van der Waals surface area contributed by atoms with Crippen LogP contribution in [0.4, 0.5) is 0 Å². The van der Waals surface area contributed by atoms with Crippen molar-refractivity contribution in [2.24, 2.45) is 7.05 Å². The molecule has 60 valence electrons. The SMILES string of the molecule is C=C(C)CSc1nncn1C. The van der Waals surface area contributed by atoms with E-state index in [4.69, 9.17) is 0 Å². The molecule has 4 heteroatoms. The van der Waals surface area contributed by atoms with Gasteiger partial charge < -0.3 is 4.57 Å². The number of hydrogen-bond donors (Lipinski definition) is 0. The Bertz CT molecular complexity index is 254. The summed E-state index contributed by atoms with van der Waals surface area (Å²) in [6, 6.07) is 0.